The second-order valence-electron chi connectivity index (χ2n) is 5.20. The molecule has 2 rings (SSSR count). The summed E-state index contributed by atoms with van der Waals surface area (Å²) in [5, 5.41) is 0. The molecule has 0 aliphatic rings. The van der Waals surface area contributed by atoms with Crippen LogP contribution in [-0.4, -0.2) is 27.9 Å². The van der Waals surface area contributed by atoms with E-state index >= 15 is 0 Å². The molecule has 0 aromatic heterocycles. The molecule has 0 heterocycles. The molecule has 0 spiro atoms. The van der Waals surface area contributed by atoms with Gasteiger partial charge in [0.15, 0.2) is 0 Å². The summed E-state index contributed by atoms with van der Waals surface area (Å²) in [5.74, 6) is 1.64. The Morgan fingerprint density at radius 1 is 1.04 bits per heavy atom. The first-order valence-corrected chi connectivity index (χ1v) is 9.54. The molecule has 6 heteroatoms. The molecule has 1 radical (unpaired) electrons. The molecule has 129 valence electrons. The highest BCUT2D eigenvalue weighted by Gasteiger charge is 2.05. The molecule has 2 aromatic carbocycles. The Morgan fingerprint density at radius 2 is 1.75 bits per heavy atom. The molecule has 0 aliphatic carbocycles. The van der Waals surface area contributed by atoms with Gasteiger partial charge in [-0.1, -0.05) is 18.2 Å². The second-order valence-corrected chi connectivity index (χ2v) is 6.77. The van der Waals surface area contributed by atoms with Crippen molar-refractivity contribution in [3.8, 4) is 17.2 Å². The number of benzene rings is 2. The Bertz CT molecular complexity index is 756. The van der Waals surface area contributed by atoms with Crippen LogP contribution >= 0.6 is 0 Å². The summed E-state index contributed by atoms with van der Waals surface area (Å²) in [6.45, 7) is 3.04. The highest BCUT2D eigenvalue weighted by Crippen LogP contribution is 2.19. The summed E-state index contributed by atoms with van der Waals surface area (Å²) in [6.07, 6.45) is 2.57. The van der Waals surface area contributed by atoms with E-state index in [0.717, 1.165) is 24.7 Å². The average Bonchev–Trinajstić information content (AvgIpc) is 2.51. The van der Waals surface area contributed by atoms with E-state index in [2.05, 4.69) is 6.07 Å². The van der Waals surface area contributed by atoms with Crippen molar-refractivity contribution >= 4 is 10.1 Å². The zero-order valence-electron chi connectivity index (χ0n) is 13.8. The first-order valence-electron chi connectivity index (χ1n) is 7.72. The Labute approximate surface area is 143 Å². The van der Waals surface area contributed by atoms with Crippen molar-refractivity contribution in [1.29, 1.82) is 0 Å². The molecule has 0 amide bonds. The van der Waals surface area contributed by atoms with Gasteiger partial charge in [-0.2, -0.15) is 8.42 Å². The normalized spacial score (nSPS) is 11.1. The van der Waals surface area contributed by atoms with E-state index in [4.69, 9.17) is 13.7 Å². The highest BCUT2D eigenvalue weighted by atomic mass is 32.2. The summed E-state index contributed by atoms with van der Waals surface area (Å²) < 4.78 is 38.2. The predicted molar refractivity (Wildman–Crippen MR) is 92.2 cm³/mol. The summed E-state index contributed by atoms with van der Waals surface area (Å²) in [5.41, 5.74) is 0.992. The van der Waals surface area contributed by atoms with Crippen molar-refractivity contribution in [3.63, 3.8) is 0 Å². The van der Waals surface area contributed by atoms with E-state index in [1.807, 2.05) is 31.2 Å². The predicted octanol–water partition coefficient (Wildman–Crippen LogP) is 3.24. The molecule has 0 fully saturated rings. The maximum Gasteiger partial charge on any atom is 0.306 e. The van der Waals surface area contributed by atoms with Crippen molar-refractivity contribution in [2.45, 2.75) is 19.8 Å². The van der Waals surface area contributed by atoms with Crippen LogP contribution in [0.25, 0.3) is 0 Å². The van der Waals surface area contributed by atoms with Gasteiger partial charge in [0, 0.05) is 0 Å². The smallest absolute Gasteiger partial charge is 0.306 e. The number of hydrogen-bond acceptors (Lipinski definition) is 5. The summed E-state index contributed by atoms with van der Waals surface area (Å²) in [4.78, 5) is 0. The Morgan fingerprint density at radius 3 is 2.46 bits per heavy atom. The molecule has 0 unspecified atom stereocenters. The number of aryl methyl sites for hydroxylation is 1. The maximum atomic E-state index is 11.1. The fraction of sp³-hybridized carbons (Fsp3) is 0.333. The third-order valence-corrected chi connectivity index (χ3v) is 3.55. The number of hydrogen-bond donors (Lipinski definition) is 0. The van der Waals surface area contributed by atoms with Gasteiger partial charge in [0.2, 0.25) is 0 Å². The first-order chi connectivity index (χ1) is 11.5. The van der Waals surface area contributed by atoms with Crippen molar-refractivity contribution < 1.29 is 22.1 Å². The summed E-state index contributed by atoms with van der Waals surface area (Å²) in [6, 6.07) is 15.6. The molecule has 0 N–H and O–H groups in total. The third-order valence-electron chi connectivity index (χ3n) is 3.05. The topological polar surface area (TPSA) is 61.8 Å². The van der Waals surface area contributed by atoms with Gasteiger partial charge in [0.1, 0.15) is 17.2 Å². The first kappa shape index (κ1) is 18.1. The third kappa shape index (κ3) is 6.50. The summed E-state index contributed by atoms with van der Waals surface area (Å²) in [7, 11) is -3.50. The lowest BCUT2D eigenvalue weighted by Crippen LogP contribution is -2.06. The SMILES string of the molecule is CCOc1[c]c(OCCCc2cccc(OS(C)(=O)=O)c2)ccc1. The molecular weight excluding hydrogens is 328 g/mol. The van der Waals surface area contributed by atoms with Crippen LogP contribution in [0.15, 0.2) is 42.5 Å². The average molecular weight is 349 g/mol. The Hall–Kier alpha value is -2.21. The molecular formula is C18H21O5S. The van der Waals surface area contributed by atoms with Gasteiger partial charge in [0.25, 0.3) is 0 Å². The van der Waals surface area contributed by atoms with Gasteiger partial charge in [-0.3, -0.25) is 0 Å². The van der Waals surface area contributed by atoms with Crippen LogP contribution in [0.2, 0.25) is 0 Å². The molecule has 0 saturated carbocycles. The lowest BCUT2D eigenvalue weighted by atomic mass is 10.1. The number of ether oxygens (including phenoxy) is 2. The van der Waals surface area contributed by atoms with E-state index in [-0.39, 0.29) is 0 Å². The van der Waals surface area contributed by atoms with Gasteiger partial charge < -0.3 is 13.7 Å². The van der Waals surface area contributed by atoms with Gasteiger partial charge >= 0.3 is 10.1 Å². The van der Waals surface area contributed by atoms with E-state index < -0.39 is 10.1 Å². The Kier molecular flexibility index (Phi) is 6.49. The molecule has 0 aliphatic heterocycles. The minimum Gasteiger partial charge on any atom is -0.493 e. The van der Waals surface area contributed by atoms with Crippen molar-refractivity contribution in [2.75, 3.05) is 19.5 Å². The molecule has 0 bridgehead atoms. The van der Waals surface area contributed by atoms with Crippen LogP contribution in [0.4, 0.5) is 0 Å². The standard InChI is InChI=1S/C18H21O5S/c1-3-21-16-9-5-10-17(14-16)22-12-6-8-15-7-4-11-18(13-15)23-24(2,19)20/h4-5,7,9-11,13H,3,6,8,12H2,1-2H3. The minimum absolute atomic E-state index is 0.327. The van der Waals surface area contributed by atoms with Crippen molar-refractivity contribution in [3.05, 3.63) is 54.1 Å². The second kappa shape index (κ2) is 8.59. The van der Waals surface area contributed by atoms with Crippen LogP contribution < -0.4 is 13.7 Å². The lowest BCUT2D eigenvalue weighted by Gasteiger charge is -2.09. The number of rotatable bonds is 9. The van der Waals surface area contributed by atoms with Crippen LogP contribution in [0, 0.1) is 6.07 Å². The van der Waals surface area contributed by atoms with Crippen LogP contribution in [0.3, 0.4) is 0 Å². The van der Waals surface area contributed by atoms with Gasteiger partial charge in [-0.05, 0) is 49.6 Å². The highest BCUT2D eigenvalue weighted by molar-refractivity contribution is 7.86. The fourth-order valence-corrected chi connectivity index (χ4v) is 2.59. The lowest BCUT2D eigenvalue weighted by molar-refractivity contribution is 0.303. The fourth-order valence-electron chi connectivity index (χ4n) is 2.14. The van der Waals surface area contributed by atoms with Gasteiger partial charge in [-0.25, -0.2) is 0 Å². The molecule has 0 saturated heterocycles. The summed E-state index contributed by atoms with van der Waals surface area (Å²) >= 11 is 0. The van der Waals surface area contributed by atoms with Crippen molar-refractivity contribution in [1.82, 2.24) is 0 Å². The van der Waals surface area contributed by atoms with E-state index in [1.54, 1.807) is 18.2 Å². The van der Waals surface area contributed by atoms with E-state index in [9.17, 15) is 8.42 Å². The minimum atomic E-state index is -3.50. The van der Waals surface area contributed by atoms with Gasteiger partial charge in [-0.15, -0.1) is 0 Å². The Balaban J connectivity index is 1.82. The quantitative estimate of drug-likeness (QED) is 0.514. The zero-order valence-corrected chi connectivity index (χ0v) is 14.6. The van der Waals surface area contributed by atoms with Gasteiger partial charge in [0.05, 0.1) is 25.5 Å². The van der Waals surface area contributed by atoms with Crippen molar-refractivity contribution in [2.24, 2.45) is 0 Å². The largest absolute Gasteiger partial charge is 0.493 e. The van der Waals surface area contributed by atoms with E-state index in [1.165, 1.54) is 0 Å². The molecule has 2 aromatic rings. The maximum absolute atomic E-state index is 11.1. The molecule has 5 nitrogen and oxygen atoms in total. The van der Waals surface area contributed by atoms with Crippen LogP contribution in [0.5, 0.6) is 17.2 Å². The van der Waals surface area contributed by atoms with E-state index in [0.29, 0.717) is 30.5 Å². The van der Waals surface area contributed by atoms with Crippen LogP contribution in [0.1, 0.15) is 18.9 Å². The monoisotopic (exact) mass is 349 g/mol. The van der Waals surface area contributed by atoms with Crippen LogP contribution in [-0.2, 0) is 16.5 Å². The zero-order chi connectivity index (χ0) is 17.4. The molecule has 0 atom stereocenters. The molecule has 24 heavy (non-hydrogen) atoms.